The molecule has 5 rings (SSSR count). The molecule has 0 spiro atoms. The van der Waals surface area contributed by atoms with Crippen LogP contribution in [0.4, 0.5) is 4.79 Å². The van der Waals surface area contributed by atoms with Crippen LogP contribution < -0.4 is 16.0 Å². The first-order valence-electron chi connectivity index (χ1n) is 19.8. The highest BCUT2D eigenvalue weighted by Gasteiger charge is 2.41. The third-order valence-electron chi connectivity index (χ3n) is 12.9. The summed E-state index contributed by atoms with van der Waals surface area (Å²) in [5.74, 6) is 0.734. The van der Waals surface area contributed by atoms with Gasteiger partial charge in [-0.25, -0.2) is 4.79 Å². The Bertz CT molecular complexity index is 1130. The van der Waals surface area contributed by atoms with Crippen molar-refractivity contribution in [3.05, 3.63) is 0 Å². The number of fused-ring (bicyclic) bond motifs is 1. The zero-order valence-corrected chi connectivity index (χ0v) is 30.9. The maximum Gasteiger partial charge on any atom is 0.315 e. The molecule has 50 heavy (non-hydrogen) atoms. The Hall–Kier alpha value is -2.44. The number of methoxy groups -OCH3 is 2. The van der Waals surface area contributed by atoms with E-state index in [1.54, 1.807) is 19.1 Å². The average Bonchev–Trinajstić information content (AvgIpc) is 3.23. The van der Waals surface area contributed by atoms with Crippen molar-refractivity contribution in [1.82, 2.24) is 25.8 Å². The zero-order chi connectivity index (χ0) is 35.6. The molecular formula is C38H65N5O7. The van der Waals surface area contributed by atoms with Crippen molar-refractivity contribution >= 4 is 23.8 Å². The van der Waals surface area contributed by atoms with E-state index in [9.17, 15) is 24.3 Å². The summed E-state index contributed by atoms with van der Waals surface area (Å²) in [5.41, 5.74) is 0. The SMILES string of the molecule is COC1CCC(CCN2CC(=O)N(CCC(=O)O)CC3CC(NC(=O)CC4CCC(NC(=O)NC5CCCCC5C)CC4)CCC32)CC1OC. The Morgan fingerprint density at radius 2 is 1.52 bits per heavy atom. The molecule has 0 aromatic heterocycles. The van der Waals surface area contributed by atoms with Gasteiger partial charge in [0.05, 0.1) is 25.2 Å². The van der Waals surface area contributed by atoms with E-state index < -0.39 is 5.97 Å². The fourth-order valence-electron chi connectivity index (χ4n) is 9.82. The number of rotatable bonds is 13. The number of urea groups is 1. The molecule has 12 heteroatoms. The van der Waals surface area contributed by atoms with Crippen LogP contribution in [0.5, 0.6) is 0 Å². The lowest BCUT2D eigenvalue weighted by molar-refractivity contribution is -0.138. The van der Waals surface area contributed by atoms with E-state index in [-0.39, 0.29) is 73.1 Å². The highest BCUT2D eigenvalue weighted by atomic mass is 16.5. The van der Waals surface area contributed by atoms with Gasteiger partial charge in [-0.1, -0.05) is 19.8 Å². The lowest BCUT2D eigenvalue weighted by atomic mass is 9.79. The smallest absolute Gasteiger partial charge is 0.315 e. The van der Waals surface area contributed by atoms with Crippen molar-refractivity contribution in [1.29, 1.82) is 0 Å². The summed E-state index contributed by atoms with van der Waals surface area (Å²) in [4.78, 5) is 54.9. The fourth-order valence-corrected chi connectivity index (χ4v) is 9.82. The van der Waals surface area contributed by atoms with E-state index in [1.165, 1.54) is 19.3 Å². The van der Waals surface area contributed by atoms with Gasteiger partial charge in [-0.2, -0.15) is 0 Å². The van der Waals surface area contributed by atoms with Crippen LogP contribution in [-0.2, 0) is 23.9 Å². The summed E-state index contributed by atoms with van der Waals surface area (Å²) >= 11 is 0. The van der Waals surface area contributed by atoms with Crippen LogP contribution >= 0.6 is 0 Å². The first kappa shape index (κ1) is 38.8. The van der Waals surface area contributed by atoms with Crippen molar-refractivity contribution in [2.45, 2.75) is 152 Å². The van der Waals surface area contributed by atoms with Crippen molar-refractivity contribution in [2.24, 2.45) is 23.7 Å². The molecule has 284 valence electrons. The molecular weight excluding hydrogens is 638 g/mol. The van der Waals surface area contributed by atoms with Crippen molar-refractivity contribution in [3.8, 4) is 0 Å². The molecule has 0 aromatic carbocycles. The van der Waals surface area contributed by atoms with Gasteiger partial charge in [0.1, 0.15) is 0 Å². The van der Waals surface area contributed by atoms with Crippen LogP contribution in [0.2, 0.25) is 0 Å². The maximum atomic E-state index is 13.4. The van der Waals surface area contributed by atoms with Crippen LogP contribution in [0.1, 0.15) is 116 Å². The molecule has 4 amide bonds. The maximum absolute atomic E-state index is 13.4. The van der Waals surface area contributed by atoms with E-state index in [0.29, 0.717) is 37.3 Å². The van der Waals surface area contributed by atoms with E-state index in [0.717, 1.165) is 83.6 Å². The van der Waals surface area contributed by atoms with Crippen LogP contribution in [0.25, 0.3) is 0 Å². The lowest BCUT2D eigenvalue weighted by Gasteiger charge is -2.42. The predicted octanol–water partition coefficient (Wildman–Crippen LogP) is 4.31. The van der Waals surface area contributed by atoms with Crippen LogP contribution in [0, 0.1) is 23.7 Å². The van der Waals surface area contributed by atoms with E-state index in [2.05, 4.69) is 27.8 Å². The minimum absolute atomic E-state index is 0.00483. The molecule has 1 aliphatic heterocycles. The summed E-state index contributed by atoms with van der Waals surface area (Å²) < 4.78 is 11.4. The minimum atomic E-state index is -0.897. The number of ether oxygens (including phenoxy) is 2. The lowest BCUT2D eigenvalue weighted by Crippen LogP contribution is -2.50. The highest BCUT2D eigenvalue weighted by molar-refractivity contribution is 5.79. The molecule has 4 aliphatic carbocycles. The van der Waals surface area contributed by atoms with Crippen molar-refractivity contribution in [2.75, 3.05) is 40.4 Å². The summed E-state index contributed by atoms with van der Waals surface area (Å²) in [5, 5.41) is 19.1. The van der Waals surface area contributed by atoms with Crippen LogP contribution in [-0.4, -0.2) is 115 Å². The molecule has 0 radical (unpaired) electrons. The van der Waals surface area contributed by atoms with Crippen LogP contribution in [0.15, 0.2) is 0 Å². The zero-order valence-electron chi connectivity index (χ0n) is 30.9. The summed E-state index contributed by atoms with van der Waals surface area (Å²) in [6.07, 6.45) is 15.6. The van der Waals surface area contributed by atoms with Gasteiger partial charge in [-0.3, -0.25) is 19.3 Å². The fraction of sp³-hybridized carbons (Fsp3) is 0.895. The number of hydrogen-bond acceptors (Lipinski definition) is 7. The van der Waals surface area contributed by atoms with Gasteiger partial charge in [-0.05, 0) is 114 Å². The third-order valence-corrected chi connectivity index (χ3v) is 12.9. The Morgan fingerprint density at radius 3 is 2.24 bits per heavy atom. The molecule has 8 atom stereocenters. The number of carbonyl (C=O) groups excluding carboxylic acids is 3. The van der Waals surface area contributed by atoms with E-state index in [1.807, 2.05) is 0 Å². The normalized spacial score (nSPS) is 35.4. The summed E-state index contributed by atoms with van der Waals surface area (Å²) in [6, 6.07) is 0.668. The second-order valence-corrected chi connectivity index (χ2v) is 16.3. The summed E-state index contributed by atoms with van der Waals surface area (Å²) in [7, 11) is 3.50. The quantitative estimate of drug-likeness (QED) is 0.222. The molecule has 1 saturated heterocycles. The summed E-state index contributed by atoms with van der Waals surface area (Å²) in [6.45, 7) is 4.13. The number of carboxylic acids is 1. The largest absolute Gasteiger partial charge is 0.481 e. The number of amides is 4. The van der Waals surface area contributed by atoms with Gasteiger partial charge in [0.15, 0.2) is 0 Å². The Kier molecular flexibility index (Phi) is 14.6. The molecule has 5 aliphatic rings. The number of nitrogens with one attached hydrogen (secondary N) is 3. The van der Waals surface area contributed by atoms with Gasteiger partial charge in [-0.15, -0.1) is 0 Å². The monoisotopic (exact) mass is 703 g/mol. The van der Waals surface area contributed by atoms with Gasteiger partial charge in [0.25, 0.3) is 0 Å². The average molecular weight is 704 g/mol. The van der Waals surface area contributed by atoms with Gasteiger partial charge >= 0.3 is 12.0 Å². The first-order chi connectivity index (χ1) is 24.1. The standard InChI is InChI=1S/C38H65N5O7/c1-25-6-4-5-7-31(25)41-38(48)40-29-11-8-26(9-12-29)21-35(44)39-30-13-14-32-28(22-30)23-43(19-17-37(46)47)36(45)24-42(32)18-16-27-10-15-33(49-2)34(20-27)50-3/h25-34H,4-24H2,1-3H3,(H,39,44)(H,46,47)(H2,40,41,48). The molecule has 1 heterocycles. The third kappa shape index (κ3) is 11.0. The van der Waals surface area contributed by atoms with Crippen LogP contribution in [0.3, 0.4) is 0 Å². The number of nitrogens with zero attached hydrogens (tertiary/aromatic N) is 2. The number of carboxylic acid groups (broad SMARTS) is 1. The second kappa shape index (κ2) is 18.9. The molecule has 4 saturated carbocycles. The molecule has 0 aromatic rings. The van der Waals surface area contributed by atoms with E-state index in [4.69, 9.17) is 9.47 Å². The Labute approximate surface area is 299 Å². The van der Waals surface area contributed by atoms with Gasteiger partial charge < -0.3 is 35.4 Å². The first-order valence-corrected chi connectivity index (χ1v) is 19.8. The number of carbonyl (C=O) groups is 4. The molecule has 8 unspecified atom stereocenters. The van der Waals surface area contributed by atoms with E-state index >= 15 is 0 Å². The minimum Gasteiger partial charge on any atom is -0.481 e. The molecule has 4 N–H and O–H groups in total. The van der Waals surface area contributed by atoms with Gasteiger partial charge in [0, 0.05) is 57.9 Å². The van der Waals surface area contributed by atoms with Gasteiger partial charge in [0.2, 0.25) is 11.8 Å². The molecule has 5 fully saturated rings. The molecule has 0 bridgehead atoms. The Balaban J connectivity index is 1.09. The predicted molar refractivity (Wildman–Crippen MR) is 190 cm³/mol. The second-order valence-electron chi connectivity index (χ2n) is 16.3. The number of aliphatic carboxylic acids is 1. The molecule has 12 nitrogen and oxygen atoms in total. The van der Waals surface area contributed by atoms with Crippen molar-refractivity contribution in [3.63, 3.8) is 0 Å². The topological polar surface area (TPSA) is 150 Å². The van der Waals surface area contributed by atoms with Crippen molar-refractivity contribution < 1.29 is 33.8 Å². The number of hydrogen-bond donors (Lipinski definition) is 4. The highest BCUT2D eigenvalue weighted by Crippen LogP contribution is 2.35. The Morgan fingerprint density at radius 1 is 0.800 bits per heavy atom.